The Morgan fingerprint density at radius 1 is 0.548 bits per heavy atom. The summed E-state index contributed by atoms with van der Waals surface area (Å²) in [5, 5.41) is 8.05. The maximum Gasteiger partial charge on any atom is 0.112 e. The van der Waals surface area contributed by atoms with Gasteiger partial charge >= 0.3 is 0 Å². The second kappa shape index (κ2) is 13.0. The average Bonchev–Trinajstić information content (AvgIpc) is 2.84. The quantitative estimate of drug-likeness (QED) is 0.0920. The molecule has 0 amide bonds. The second-order valence-corrected chi connectivity index (χ2v) is 11.6. The first-order valence-corrected chi connectivity index (χ1v) is 13.4. The van der Waals surface area contributed by atoms with E-state index in [2.05, 4.69) is 101 Å². The summed E-state index contributed by atoms with van der Waals surface area (Å²) < 4.78 is 0. The van der Waals surface area contributed by atoms with Crippen LogP contribution in [0.5, 0.6) is 0 Å². The monoisotopic (exact) mass is 430 g/mol. The van der Waals surface area contributed by atoms with Crippen LogP contribution in [-0.4, -0.2) is 12.7 Å². The molecule has 3 nitrogen and oxygen atoms in total. The molecule has 4 heteroatoms. The zero-order valence-electron chi connectivity index (χ0n) is 18.3. The number of azide groups is 1. The lowest BCUT2D eigenvalue weighted by Gasteiger charge is -2.27. The van der Waals surface area contributed by atoms with E-state index in [4.69, 9.17) is 5.53 Å². The van der Waals surface area contributed by atoms with E-state index in [9.17, 15) is 0 Å². The molecule has 3 aromatic rings. The van der Waals surface area contributed by atoms with E-state index in [1.54, 1.807) is 0 Å². The highest BCUT2D eigenvalue weighted by Gasteiger charge is 2.44. The molecule has 0 aliphatic carbocycles. The molecule has 0 fully saturated rings. The minimum absolute atomic E-state index is 0.634. The molecule has 0 unspecified atom stereocenters. The van der Waals surface area contributed by atoms with Gasteiger partial charge in [-0.2, -0.15) is 0 Å². The fourth-order valence-corrected chi connectivity index (χ4v) is 8.75. The fourth-order valence-electron chi connectivity index (χ4n) is 4.34. The highest BCUT2D eigenvalue weighted by molar-refractivity contribution is 7.95. The van der Waals surface area contributed by atoms with Gasteiger partial charge in [0.1, 0.15) is 23.2 Å². The minimum atomic E-state index is -1.67. The predicted molar refractivity (Wildman–Crippen MR) is 136 cm³/mol. The first-order valence-electron chi connectivity index (χ1n) is 11.4. The van der Waals surface area contributed by atoms with Crippen molar-refractivity contribution in [2.45, 2.75) is 44.9 Å². The van der Waals surface area contributed by atoms with Gasteiger partial charge in [0, 0.05) is 11.5 Å². The Kier molecular flexibility index (Phi) is 9.64. The average molecular weight is 431 g/mol. The molecule has 0 saturated heterocycles. The summed E-state index contributed by atoms with van der Waals surface area (Å²) in [6.45, 7) is 0.634. The van der Waals surface area contributed by atoms with Crippen molar-refractivity contribution in [3.05, 3.63) is 101 Å². The third kappa shape index (κ3) is 6.44. The SMILES string of the molecule is [N-]=[N+]=NCCCCCCCCC[P+](c1ccccc1)(c1ccccc1)c1ccccc1. The number of nitrogens with zero attached hydrogens (tertiary/aromatic N) is 3. The molecule has 31 heavy (non-hydrogen) atoms. The van der Waals surface area contributed by atoms with Crippen molar-refractivity contribution in [1.82, 2.24) is 0 Å². The molecule has 0 heterocycles. The van der Waals surface area contributed by atoms with E-state index < -0.39 is 7.26 Å². The van der Waals surface area contributed by atoms with Gasteiger partial charge in [-0.25, -0.2) is 0 Å². The van der Waals surface area contributed by atoms with E-state index in [0.717, 1.165) is 12.8 Å². The second-order valence-electron chi connectivity index (χ2n) is 7.97. The Morgan fingerprint density at radius 3 is 1.35 bits per heavy atom. The summed E-state index contributed by atoms with van der Waals surface area (Å²) in [6.07, 6.45) is 9.67. The molecule has 0 atom stereocenters. The van der Waals surface area contributed by atoms with Gasteiger partial charge < -0.3 is 0 Å². The molecular weight excluding hydrogens is 397 g/mol. The summed E-state index contributed by atoms with van der Waals surface area (Å²) in [5.41, 5.74) is 8.34. The molecule has 0 spiro atoms. The van der Waals surface area contributed by atoms with Crippen LogP contribution in [0.3, 0.4) is 0 Å². The van der Waals surface area contributed by atoms with Crippen LogP contribution in [0, 0.1) is 0 Å². The highest BCUT2D eigenvalue weighted by Crippen LogP contribution is 2.55. The minimum Gasteiger partial charge on any atom is -0.0940 e. The zero-order valence-corrected chi connectivity index (χ0v) is 19.2. The van der Waals surface area contributed by atoms with Crippen LogP contribution >= 0.6 is 7.26 Å². The molecule has 0 bridgehead atoms. The molecule has 160 valence electrons. The summed E-state index contributed by atoms with van der Waals surface area (Å²) in [5.74, 6) is 0. The van der Waals surface area contributed by atoms with Crippen LogP contribution in [-0.2, 0) is 0 Å². The molecule has 0 N–H and O–H groups in total. The van der Waals surface area contributed by atoms with Gasteiger partial charge in [0.05, 0.1) is 6.16 Å². The third-order valence-electron chi connectivity index (χ3n) is 5.91. The van der Waals surface area contributed by atoms with E-state index >= 15 is 0 Å². The number of benzene rings is 3. The molecule has 0 aliphatic heterocycles. The lowest BCUT2D eigenvalue weighted by atomic mass is 10.1. The Balaban J connectivity index is 1.72. The highest BCUT2D eigenvalue weighted by atomic mass is 31.2. The number of rotatable bonds is 13. The molecule has 3 rings (SSSR count). The van der Waals surface area contributed by atoms with Crippen molar-refractivity contribution in [2.75, 3.05) is 12.7 Å². The lowest BCUT2D eigenvalue weighted by molar-refractivity contribution is 0.593. The van der Waals surface area contributed by atoms with Gasteiger partial charge in [0.2, 0.25) is 0 Å². The maximum absolute atomic E-state index is 8.34. The third-order valence-corrected chi connectivity index (χ3v) is 10.4. The molecular formula is C27H33N3P+. The van der Waals surface area contributed by atoms with Gasteiger partial charge in [-0.1, -0.05) is 85.4 Å². The van der Waals surface area contributed by atoms with Crippen molar-refractivity contribution in [3.63, 3.8) is 0 Å². The summed E-state index contributed by atoms with van der Waals surface area (Å²) >= 11 is 0. The van der Waals surface area contributed by atoms with E-state index in [0.29, 0.717) is 6.54 Å². The molecule has 3 aromatic carbocycles. The first-order chi connectivity index (χ1) is 15.4. The van der Waals surface area contributed by atoms with E-state index in [1.807, 2.05) is 0 Å². The van der Waals surface area contributed by atoms with Gasteiger partial charge in [-0.05, 0) is 61.2 Å². The van der Waals surface area contributed by atoms with Gasteiger partial charge in [-0.15, -0.1) is 0 Å². The lowest BCUT2D eigenvalue weighted by Crippen LogP contribution is -2.33. The largest absolute Gasteiger partial charge is 0.112 e. The maximum atomic E-state index is 8.34. The topological polar surface area (TPSA) is 48.8 Å². The number of unbranched alkanes of at least 4 members (excludes halogenated alkanes) is 6. The van der Waals surface area contributed by atoms with E-state index in [1.165, 1.54) is 54.2 Å². The standard InChI is InChI=1S/C27H33N3P/c28-30-29-23-15-4-2-1-3-5-16-24-31(25-17-9-6-10-18-25,26-19-11-7-12-20-26)27-21-13-8-14-22-27/h6-14,17-22H,1-5,15-16,23-24H2/q+1. The predicted octanol–water partition coefficient (Wildman–Crippen LogP) is 7.02. The summed E-state index contributed by atoms with van der Waals surface area (Å²) in [4.78, 5) is 2.82. The van der Waals surface area contributed by atoms with Crippen LogP contribution in [0.15, 0.2) is 96.1 Å². The number of hydrogen-bond donors (Lipinski definition) is 0. The van der Waals surface area contributed by atoms with Crippen molar-refractivity contribution in [3.8, 4) is 0 Å². The fraction of sp³-hybridized carbons (Fsp3) is 0.333. The Labute approximate surface area is 187 Å². The van der Waals surface area contributed by atoms with Crippen molar-refractivity contribution in [1.29, 1.82) is 0 Å². The smallest absolute Gasteiger partial charge is 0.0940 e. The van der Waals surface area contributed by atoms with Crippen LogP contribution < -0.4 is 15.9 Å². The van der Waals surface area contributed by atoms with Crippen molar-refractivity contribution >= 4 is 23.2 Å². The van der Waals surface area contributed by atoms with Crippen LogP contribution in [0.1, 0.15) is 44.9 Å². The molecule has 0 aliphatic rings. The Hall–Kier alpha value is -2.60. The molecule has 0 aromatic heterocycles. The zero-order chi connectivity index (χ0) is 21.6. The molecule has 0 radical (unpaired) electrons. The molecule has 0 saturated carbocycles. The van der Waals surface area contributed by atoms with Crippen LogP contribution in [0.4, 0.5) is 0 Å². The Bertz CT molecular complexity index is 826. The van der Waals surface area contributed by atoms with Crippen LogP contribution in [0.25, 0.3) is 10.4 Å². The van der Waals surface area contributed by atoms with Crippen LogP contribution in [0.2, 0.25) is 0 Å². The normalized spacial score (nSPS) is 11.1. The van der Waals surface area contributed by atoms with E-state index in [-0.39, 0.29) is 0 Å². The van der Waals surface area contributed by atoms with Gasteiger partial charge in [0.25, 0.3) is 0 Å². The number of hydrogen-bond acceptors (Lipinski definition) is 1. The summed E-state index contributed by atoms with van der Waals surface area (Å²) in [6, 6.07) is 33.5. The first kappa shape index (κ1) is 23.1. The van der Waals surface area contributed by atoms with Gasteiger partial charge in [-0.3, -0.25) is 0 Å². The Morgan fingerprint density at radius 2 is 0.935 bits per heavy atom. The summed E-state index contributed by atoms with van der Waals surface area (Å²) in [7, 11) is -1.67. The van der Waals surface area contributed by atoms with Crippen molar-refractivity contribution in [2.24, 2.45) is 5.11 Å². The van der Waals surface area contributed by atoms with Gasteiger partial charge in [0.15, 0.2) is 0 Å². The van der Waals surface area contributed by atoms with Crippen molar-refractivity contribution < 1.29 is 0 Å².